The predicted molar refractivity (Wildman–Crippen MR) is 54.1 cm³/mol. The second-order valence-electron chi connectivity index (χ2n) is 3.43. The van der Waals surface area contributed by atoms with Gasteiger partial charge in [0.25, 0.3) is 0 Å². The summed E-state index contributed by atoms with van der Waals surface area (Å²) in [6.45, 7) is 1.80. The number of hydrogen-bond acceptors (Lipinski definition) is 2. The minimum Gasteiger partial charge on any atom is -0.481 e. The number of benzene rings is 1. The molecule has 0 amide bonds. The van der Waals surface area contributed by atoms with Gasteiger partial charge in [0.1, 0.15) is 0 Å². The molecule has 2 N–H and O–H groups in total. The molecule has 0 unspecified atom stereocenters. The Morgan fingerprint density at radius 1 is 1.20 bits per heavy atom. The third-order valence-corrected chi connectivity index (χ3v) is 2.21. The minimum absolute atomic E-state index is 0.0480. The monoisotopic (exact) mass is 208 g/mol. The summed E-state index contributed by atoms with van der Waals surface area (Å²) in [4.78, 5) is 21.0. The number of carbonyl (C=O) groups is 2. The highest BCUT2D eigenvalue weighted by molar-refractivity contribution is 5.87. The molecule has 0 aliphatic heterocycles. The Bertz CT molecular complexity index is 367. The zero-order chi connectivity index (χ0) is 11.4. The van der Waals surface area contributed by atoms with E-state index in [0.29, 0.717) is 0 Å². The van der Waals surface area contributed by atoms with Crippen LogP contribution < -0.4 is 0 Å². The van der Waals surface area contributed by atoms with E-state index in [1.807, 2.05) is 0 Å². The maximum Gasteiger partial charge on any atom is 0.335 e. The highest BCUT2D eigenvalue weighted by Gasteiger charge is 2.10. The fraction of sp³-hybridized carbons (Fsp3) is 0.273. The highest BCUT2D eigenvalue weighted by atomic mass is 16.4. The fourth-order valence-corrected chi connectivity index (χ4v) is 1.33. The molecule has 80 valence electrons. The van der Waals surface area contributed by atoms with Gasteiger partial charge in [-0.1, -0.05) is 19.1 Å². The van der Waals surface area contributed by atoms with Gasteiger partial charge < -0.3 is 10.2 Å². The number of carboxylic acid groups (broad SMARTS) is 2. The molecule has 1 aromatic rings. The topological polar surface area (TPSA) is 74.6 Å². The van der Waals surface area contributed by atoms with Crippen molar-refractivity contribution in [3.63, 3.8) is 0 Å². The van der Waals surface area contributed by atoms with E-state index in [4.69, 9.17) is 10.2 Å². The van der Waals surface area contributed by atoms with E-state index in [2.05, 4.69) is 0 Å². The van der Waals surface area contributed by atoms with Crippen LogP contribution in [0, 0.1) is 0 Å². The van der Waals surface area contributed by atoms with Crippen molar-refractivity contribution >= 4 is 11.9 Å². The lowest BCUT2D eigenvalue weighted by Crippen LogP contribution is -2.03. The zero-order valence-corrected chi connectivity index (χ0v) is 8.30. The number of aliphatic carboxylic acids is 1. The molecule has 0 radical (unpaired) electrons. The molecule has 4 nitrogen and oxygen atoms in total. The van der Waals surface area contributed by atoms with Crippen molar-refractivity contribution in [2.45, 2.75) is 19.3 Å². The Morgan fingerprint density at radius 3 is 2.13 bits per heavy atom. The van der Waals surface area contributed by atoms with Gasteiger partial charge in [0.2, 0.25) is 0 Å². The van der Waals surface area contributed by atoms with Gasteiger partial charge in [0, 0.05) is 0 Å². The van der Waals surface area contributed by atoms with E-state index in [9.17, 15) is 9.59 Å². The quantitative estimate of drug-likeness (QED) is 0.793. The van der Waals surface area contributed by atoms with Crippen molar-refractivity contribution < 1.29 is 19.8 Å². The highest BCUT2D eigenvalue weighted by Crippen LogP contribution is 2.19. The number of carboxylic acids is 2. The molecule has 0 bridgehead atoms. The lowest BCUT2D eigenvalue weighted by atomic mass is 9.97. The van der Waals surface area contributed by atoms with Crippen molar-refractivity contribution in [2.75, 3.05) is 0 Å². The van der Waals surface area contributed by atoms with E-state index < -0.39 is 11.9 Å². The maximum atomic E-state index is 10.6. The van der Waals surface area contributed by atoms with E-state index in [1.165, 1.54) is 12.1 Å². The SMILES string of the molecule is C[C@H](CC(=O)O)c1ccc(C(=O)O)cc1. The van der Waals surface area contributed by atoms with Gasteiger partial charge in [-0.05, 0) is 23.6 Å². The maximum absolute atomic E-state index is 10.6. The molecule has 0 aliphatic rings. The van der Waals surface area contributed by atoms with Crippen LogP contribution in [-0.2, 0) is 4.79 Å². The summed E-state index contributed by atoms with van der Waals surface area (Å²) in [6.07, 6.45) is 0.0480. The molecular weight excluding hydrogens is 196 g/mol. The van der Waals surface area contributed by atoms with E-state index in [1.54, 1.807) is 19.1 Å². The van der Waals surface area contributed by atoms with Crippen LogP contribution in [0.3, 0.4) is 0 Å². The van der Waals surface area contributed by atoms with E-state index in [-0.39, 0.29) is 17.9 Å². The largest absolute Gasteiger partial charge is 0.481 e. The Labute approximate surface area is 87.2 Å². The van der Waals surface area contributed by atoms with Crippen molar-refractivity contribution in [1.82, 2.24) is 0 Å². The molecule has 4 heteroatoms. The van der Waals surface area contributed by atoms with Crippen LogP contribution in [0.25, 0.3) is 0 Å². The van der Waals surface area contributed by atoms with Crippen LogP contribution in [0.15, 0.2) is 24.3 Å². The molecule has 15 heavy (non-hydrogen) atoms. The van der Waals surface area contributed by atoms with Gasteiger partial charge in [0.05, 0.1) is 12.0 Å². The molecule has 0 aromatic heterocycles. The summed E-state index contributed by atoms with van der Waals surface area (Å²) < 4.78 is 0. The normalized spacial score (nSPS) is 12.1. The summed E-state index contributed by atoms with van der Waals surface area (Å²) in [5, 5.41) is 17.3. The lowest BCUT2D eigenvalue weighted by Gasteiger charge is -2.08. The molecule has 1 rings (SSSR count). The first-order valence-electron chi connectivity index (χ1n) is 4.55. The number of rotatable bonds is 4. The van der Waals surface area contributed by atoms with Gasteiger partial charge in [-0.2, -0.15) is 0 Å². The third kappa shape index (κ3) is 3.09. The Hall–Kier alpha value is -1.84. The molecule has 0 fully saturated rings. The minimum atomic E-state index is -0.979. The van der Waals surface area contributed by atoms with Gasteiger partial charge >= 0.3 is 11.9 Å². The van der Waals surface area contributed by atoms with Crippen molar-refractivity contribution in [3.8, 4) is 0 Å². The second-order valence-corrected chi connectivity index (χ2v) is 3.43. The average molecular weight is 208 g/mol. The number of hydrogen-bond donors (Lipinski definition) is 2. The fourth-order valence-electron chi connectivity index (χ4n) is 1.33. The van der Waals surface area contributed by atoms with Gasteiger partial charge in [-0.15, -0.1) is 0 Å². The smallest absolute Gasteiger partial charge is 0.335 e. The van der Waals surface area contributed by atoms with Gasteiger partial charge in [0.15, 0.2) is 0 Å². The van der Waals surface area contributed by atoms with E-state index in [0.717, 1.165) is 5.56 Å². The van der Waals surface area contributed by atoms with Crippen LogP contribution in [0.5, 0.6) is 0 Å². The van der Waals surface area contributed by atoms with Crippen LogP contribution in [-0.4, -0.2) is 22.2 Å². The third-order valence-electron chi connectivity index (χ3n) is 2.21. The van der Waals surface area contributed by atoms with Crippen LogP contribution >= 0.6 is 0 Å². The summed E-state index contributed by atoms with van der Waals surface area (Å²) in [5.41, 5.74) is 1.05. The first-order chi connectivity index (χ1) is 7.00. The number of aromatic carboxylic acids is 1. The molecule has 0 saturated carbocycles. The Balaban J connectivity index is 2.79. The first kappa shape index (κ1) is 11.2. The lowest BCUT2D eigenvalue weighted by molar-refractivity contribution is -0.137. The van der Waals surface area contributed by atoms with Crippen LogP contribution in [0.4, 0.5) is 0 Å². The molecule has 1 aromatic carbocycles. The Morgan fingerprint density at radius 2 is 1.73 bits per heavy atom. The zero-order valence-electron chi connectivity index (χ0n) is 8.30. The van der Waals surface area contributed by atoms with Gasteiger partial charge in [-0.25, -0.2) is 4.79 Å². The molecule has 1 atom stereocenters. The summed E-state index contributed by atoms with van der Waals surface area (Å²) in [5.74, 6) is -1.94. The van der Waals surface area contributed by atoms with Gasteiger partial charge in [-0.3, -0.25) is 4.79 Å². The van der Waals surface area contributed by atoms with Crippen LogP contribution in [0.1, 0.15) is 35.2 Å². The van der Waals surface area contributed by atoms with E-state index >= 15 is 0 Å². The molecule has 0 spiro atoms. The summed E-state index contributed by atoms with van der Waals surface area (Å²) in [7, 11) is 0. The first-order valence-corrected chi connectivity index (χ1v) is 4.55. The molecule has 0 saturated heterocycles. The van der Waals surface area contributed by atoms with Crippen molar-refractivity contribution in [1.29, 1.82) is 0 Å². The second kappa shape index (κ2) is 4.59. The average Bonchev–Trinajstić information content (AvgIpc) is 2.17. The summed E-state index contributed by atoms with van der Waals surface area (Å²) in [6, 6.07) is 6.26. The Kier molecular flexibility index (Phi) is 3.44. The van der Waals surface area contributed by atoms with Crippen LogP contribution in [0.2, 0.25) is 0 Å². The summed E-state index contributed by atoms with van der Waals surface area (Å²) >= 11 is 0. The molecular formula is C11H12O4. The van der Waals surface area contributed by atoms with Crippen molar-refractivity contribution in [3.05, 3.63) is 35.4 Å². The molecule has 0 aliphatic carbocycles. The standard InChI is InChI=1S/C11H12O4/c1-7(6-10(12)13)8-2-4-9(5-3-8)11(14)15/h2-5,7H,6H2,1H3,(H,12,13)(H,14,15)/t7-/m1/s1. The predicted octanol–water partition coefficient (Wildman–Crippen LogP) is 1.96. The molecule has 0 heterocycles. The van der Waals surface area contributed by atoms with Crippen molar-refractivity contribution in [2.24, 2.45) is 0 Å².